The van der Waals surface area contributed by atoms with E-state index in [-0.39, 0.29) is 0 Å². The van der Waals surface area contributed by atoms with Crippen LogP contribution in [0.15, 0.2) is 28.9 Å². The first-order valence-corrected chi connectivity index (χ1v) is 5.44. The van der Waals surface area contributed by atoms with Crippen molar-refractivity contribution >= 4 is 11.6 Å². The van der Waals surface area contributed by atoms with Crippen LogP contribution < -0.4 is 5.32 Å². The molecule has 0 unspecified atom stereocenters. The zero-order chi connectivity index (χ0) is 11.5. The van der Waals surface area contributed by atoms with Crippen LogP contribution in [0.3, 0.4) is 0 Å². The molecule has 4 heteroatoms. The molecular weight excluding hydrogens is 224 g/mol. The molecule has 0 bridgehead atoms. The summed E-state index contributed by atoms with van der Waals surface area (Å²) < 4.78 is 5.39. The third-order valence-electron chi connectivity index (χ3n) is 2.33. The summed E-state index contributed by atoms with van der Waals surface area (Å²) in [6.07, 6.45) is 1.65. The van der Waals surface area contributed by atoms with Crippen molar-refractivity contribution in [1.29, 1.82) is 0 Å². The highest BCUT2D eigenvalue weighted by Gasteiger charge is 2.07. The molecule has 0 radical (unpaired) electrons. The van der Waals surface area contributed by atoms with Gasteiger partial charge in [0.1, 0.15) is 6.26 Å². The first kappa shape index (κ1) is 11.2. The maximum atomic E-state index is 6.05. The van der Waals surface area contributed by atoms with Crippen molar-refractivity contribution in [3.8, 4) is 11.5 Å². The summed E-state index contributed by atoms with van der Waals surface area (Å²) in [5.41, 5.74) is 2.83. The second kappa shape index (κ2) is 4.68. The fourth-order valence-electron chi connectivity index (χ4n) is 1.43. The third-order valence-corrected chi connectivity index (χ3v) is 2.74. The van der Waals surface area contributed by atoms with E-state index in [4.69, 9.17) is 16.0 Å². The van der Waals surface area contributed by atoms with E-state index in [9.17, 15) is 0 Å². The number of nitrogens with zero attached hydrogens (tertiary/aromatic N) is 1. The van der Waals surface area contributed by atoms with Gasteiger partial charge in [-0.1, -0.05) is 17.7 Å². The van der Waals surface area contributed by atoms with Gasteiger partial charge in [0.15, 0.2) is 0 Å². The smallest absolute Gasteiger partial charge is 0.226 e. The largest absolute Gasteiger partial charge is 0.444 e. The van der Waals surface area contributed by atoms with Crippen LogP contribution in [0.5, 0.6) is 0 Å². The minimum atomic E-state index is 0.604. The van der Waals surface area contributed by atoms with Crippen LogP contribution >= 0.6 is 11.6 Å². The van der Waals surface area contributed by atoms with Gasteiger partial charge < -0.3 is 9.73 Å². The SMILES string of the molecule is CNCc1coc(-c2ccc(C)c(Cl)c2)n1. The second-order valence-corrected chi connectivity index (χ2v) is 4.05. The van der Waals surface area contributed by atoms with Crippen molar-refractivity contribution in [1.82, 2.24) is 10.3 Å². The molecule has 16 heavy (non-hydrogen) atoms. The molecule has 0 saturated heterocycles. The fourth-order valence-corrected chi connectivity index (χ4v) is 1.61. The average Bonchev–Trinajstić information content (AvgIpc) is 2.71. The van der Waals surface area contributed by atoms with Gasteiger partial charge in [0.2, 0.25) is 5.89 Å². The average molecular weight is 237 g/mol. The number of aromatic nitrogens is 1. The van der Waals surface area contributed by atoms with Crippen LogP contribution in [-0.2, 0) is 6.54 Å². The van der Waals surface area contributed by atoms with Crippen molar-refractivity contribution in [2.24, 2.45) is 0 Å². The summed E-state index contributed by atoms with van der Waals surface area (Å²) in [5.74, 6) is 0.604. The standard InChI is InChI=1S/C12H13ClN2O/c1-8-3-4-9(5-11(8)13)12-15-10(6-14-2)7-16-12/h3-5,7,14H,6H2,1-2H3. The molecule has 1 aromatic carbocycles. The van der Waals surface area contributed by atoms with Crippen molar-refractivity contribution in [2.45, 2.75) is 13.5 Å². The Labute approximate surface area is 99.5 Å². The number of rotatable bonds is 3. The van der Waals surface area contributed by atoms with Crippen LogP contribution in [0.1, 0.15) is 11.3 Å². The van der Waals surface area contributed by atoms with Crippen LogP contribution in [-0.4, -0.2) is 12.0 Å². The maximum absolute atomic E-state index is 6.05. The summed E-state index contributed by atoms with van der Waals surface area (Å²) >= 11 is 6.05. The van der Waals surface area contributed by atoms with Crippen LogP contribution in [0.2, 0.25) is 5.02 Å². The van der Waals surface area contributed by atoms with Gasteiger partial charge in [0, 0.05) is 17.1 Å². The molecule has 2 aromatic rings. The Morgan fingerprint density at radius 2 is 2.25 bits per heavy atom. The summed E-state index contributed by atoms with van der Waals surface area (Å²) in [6, 6.07) is 5.78. The van der Waals surface area contributed by atoms with Gasteiger partial charge in [0.05, 0.1) is 5.69 Å². The van der Waals surface area contributed by atoms with Gasteiger partial charge in [-0.25, -0.2) is 4.98 Å². The lowest BCUT2D eigenvalue weighted by Crippen LogP contribution is -2.04. The molecule has 3 nitrogen and oxygen atoms in total. The lowest BCUT2D eigenvalue weighted by atomic mass is 10.1. The monoisotopic (exact) mass is 236 g/mol. The summed E-state index contributed by atoms with van der Waals surface area (Å²) in [6.45, 7) is 2.66. The molecule has 0 saturated carbocycles. The van der Waals surface area contributed by atoms with E-state index >= 15 is 0 Å². The first-order chi connectivity index (χ1) is 7.70. The van der Waals surface area contributed by atoms with E-state index in [1.165, 1.54) is 0 Å². The van der Waals surface area contributed by atoms with E-state index in [2.05, 4.69) is 10.3 Å². The van der Waals surface area contributed by atoms with Gasteiger partial charge in [0.25, 0.3) is 0 Å². The molecule has 84 valence electrons. The number of aryl methyl sites for hydroxylation is 1. The fraction of sp³-hybridized carbons (Fsp3) is 0.250. The van der Waals surface area contributed by atoms with Crippen molar-refractivity contribution < 1.29 is 4.42 Å². The number of hydrogen-bond acceptors (Lipinski definition) is 3. The number of oxazole rings is 1. The number of nitrogens with one attached hydrogen (secondary N) is 1. The lowest BCUT2D eigenvalue weighted by Gasteiger charge is -1.99. The predicted molar refractivity (Wildman–Crippen MR) is 64.4 cm³/mol. The predicted octanol–water partition coefficient (Wildman–Crippen LogP) is 3.02. The third kappa shape index (κ3) is 2.26. The van der Waals surface area contributed by atoms with Crippen molar-refractivity contribution in [3.63, 3.8) is 0 Å². The first-order valence-electron chi connectivity index (χ1n) is 5.06. The Hall–Kier alpha value is -1.32. The Kier molecular flexibility index (Phi) is 3.27. The lowest BCUT2D eigenvalue weighted by molar-refractivity contribution is 0.571. The number of halogens is 1. The highest BCUT2D eigenvalue weighted by Crippen LogP contribution is 2.24. The molecule has 2 rings (SSSR count). The van der Waals surface area contributed by atoms with Gasteiger partial charge in [-0.15, -0.1) is 0 Å². The van der Waals surface area contributed by atoms with E-state index < -0.39 is 0 Å². The Morgan fingerprint density at radius 1 is 1.44 bits per heavy atom. The van der Waals surface area contributed by atoms with Gasteiger partial charge in [-0.05, 0) is 31.7 Å². The minimum absolute atomic E-state index is 0.604. The van der Waals surface area contributed by atoms with Gasteiger partial charge in [-0.3, -0.25) is 0 Å². The molecule has 0 aliphatic heterocycles. The molecule has 1 N–H and O–H groups in total. The summed E-state index contributed by atoms with van der Waals surface area (Å²) in [5, 5.41) is 3.75. The molecule has 0 aliphatic carbocycles. The molecule has 1 heterocycles. The van der Waals surface area contributed by atoms with Gasteiger partial charge >= 0.3 is 0 Å². The molecule has 0 atom stereocenters. The highest BCUT2D eigenvalue weighted by molar-refractivity contribution is 6.31. The Bertz CT molecular complexity index is 494. The van der Waals surface area contributed by atoms with Crippen LogP contribution in [0.25, 0.3) is 11.5 Å². The zero-order valence-electron chi connectivity index (χ0n) is 9.25. The molecule has 0 aliphatic rings. The van der Waals surface area contributed by atoms with Crippen molar-refractivity contribution in [3.05, 3.63) is 40.7 Å². The number of benzene rings is 1. The van der Waals surface area contributed by atoms with E-state index in [0.29, 0.717) is 12.4 Å². The Morgan fingerprint density at radius 3 is 2.94 bits per heavy atom. The maximum Gasteiger partial charge on any atom is 0.226 e. The number of hydrogen-bond donors (Lipinski definition) is 1. The molecular formula is C12H13ClN2O. The Balaban J connectivity index is 2.31. The van der Waals surface area contributed by atoms with E-state index in [0.717, 1.165) is 21.8 Å². The molecule has 0 fully saturated rings. The quantitative estimate of drug-likeness (QED) is 0.890. The molecule has 0 spiro atoms. The zero-order valence-corrected chi connectivity index (χ0v) is 10.0. The van der Waals surface area contributed by atoms with Gasteiger partial charge in [-0.2, -0.15) is 0 Å². The van der Waals surface area contributed by atoms with Crippen LogP contribution in [0.4, 0.5) is 0 Å². The molecule has 0 amide bonds. The van der Waals surface area contributed by atoms with Crippen molar-refractivity contribution in [2.75, 3.05) is 7.05 Å². The molecule has 1 aromatic heterocycles. The van der Waals surface area contributed by atoms with Crippen LogP contribution in [0, 0.1) is 6.92 Å². The second-order valence-electron chi connectivity index (χ2n) is 3.64. The van der Waals surface area contributed by atoms with E-state index in [1.54, 1.807) is 6.26 Å². The highest BCUT2D eigenvalue weighted by atomic mass is 35.5. The summed E-state index contributed by atoms with van der Waals surface area (Å²) in [4.78, 5) is 4.35. The van der Waals surface area contributed by atoms with E-state index in [1.807, 2.05) is 32.2 Å². The topological polar surface area (TPSA) is 38.1 Å². The summed E-state index contributed by atoms with van der Waals surface area (Å²) in [7, 11) is 1.87. The minimum Gasteiger partial charge on any atom is -0.444 e. The normalized spacial score (nSPS) is 10.7.